The Hall–Kier alpha value is -1.06. The average Bonchev–Trinajstić information content (AvgIpc) is 3.08. The Morgan fingerprint density at radius 3 is 1.57 bits per heavy atom. The Kier molecular flexibility index (Phi) is 8.83. The molecule has 4 bridgehead atoms. The molecule has 5 heteroatoms. The number of fused-ring (bicyclic) bond motifs is 3. The van der Waals surface area contributed by atoms with Crippen LogP contribution in [0.15, 0.2) is 54.6 Å². The number of benzene rings is 2. The zero-order valence-electron chi connectivity index (χ0n) is 17.0. The van der Waals surface area contributed by atoms with E-state index in [9.17, 15) is 4.79 Å². The van der Waals surface area contributed by atoms with E-state index in [1.165, 1.54) is 40.8 Å². The van der Waals surface area contributed by atoms with E-state index >= 15 is 0 Å². The van der Waals surface area contributed by atoms with Crippen molar-refractivity contribution in [1.82, 2.24) is 0 Å². The predicted molar refractivity (Wildman–Crippen MR) is 114 cm³/mol. The summed E-state index contributed by atoms with van der Waals surface area (Å²) in [5.41, 5.74) is 7.24. The fraction of sp³-hybridized carbons (Fsp3) is 0.400. The number of amides is 1. The molecule has 0 radical (unpaired) electrons. The maximum atomic E-state index is 11.4. The number of rotatable bonds is 1. The zero-order chi connectivity index (χ0) is 19.7. The summed E-state index contributed by atoms with van der Waals surface area (Å²) in [5.74, 6) is 2.12. The molecule has 3 aromatic carbocycles. The van der Waals surface area contributed by atoms with Crippen molar-refractivity contribution in [3.05, 3.63) is 60.3 Å². The first-order valence-corrected chi connectivity index (χ1v) is 11.4. The van der Waals surface area contributed by atoms with Crippen molar-refractivity contribution in [3.8, 4) is 0 Å². The van der Waals surface area contributed by atoms with Gasteiger partial charge in [-0.25, -0.2) is 0 Å². The third-order valence-corrected chi connectivity index (χ3v) is 7.04. The van der Waals surface area contributed by atoms with Crippen LogP contribution >= 0.6 is 0 Å². The van der Waals surface area contributed by atoms with Crippen LogP contribution in [0.3, 0.4) is 0 Å². The first-order chi connectivity index (χ1) is 13.6. The van der Waals surface area contributed by atoms with Crippen LogP contribution in [-0.4, -0.2) is 10.7 Å². The number of carbonyl (C=O) groups excluding carboxylic acids is 1. The Balaban J connectivity index is 0.000000186. The van der Waals surface area contributed by atoms with Gasteiger partial charge >= 0.3 is 24.8 Å². The summed E-state index contributed by atoms with van der Waals surface area (Å²) in [6, 6.07) is 19.3. The molecule has 0 aromatic heterocycles. The molecule has 0 saturated heterocycles. The molecule has 0 aliphatic heterocycles. The van der Waals surface area contributed by atoms with E-state index in [-0.39, 0.29) is 36.1 Å². The monoisotopic (exact) mass is 475 g/mol. The molecule has 158 valence electrons. The second-order valence-electron chi connectivity index (χ2n) is 8.85. The van der Waals surface area contributed by atoms with E-state index in [1.807, 2.05) is 0 Å². The van der Waals surface area contributed by atoms with E-state index < -0.39 is 0 Å². The molecule has 4 aliphatic carbocycles. The number of nitrogens with one attached hydrogen (secondary N) is 1. The third kappa shape index (κ3) is 4.73. The molecule has 30 heavy (non-hydrogen) atoms. The van der Waals surface area contributed by atoms with Gasteiger partial charge in [-0.15, -0.1) is 39.7 Å². The Morgan fingerprint density at radius 1 is 0.833 bits per heavy atom. The van der Waals surface area contributed by atoms with Crippen molar-refractivity contribution in [1.29, 1.82) is 0 Å². The van der Waals surface area contributed by atoms with Crippen molar-refractivity contribution < 1.29 is 49.6 Å². The van der Waals surface area contributed by atoms with Gasteiger partial charge in [-0.3, -0.25) is 0 Å². The molecule has 0 unspecified atom stereocenters. The summed E-state index contributed by atoms with van der Waals surface area (Å²) in [6.45, 7) is 0. The molecular formula is C25H27Cl2NOTi-2. The largest absolute Gasteiger partial charge is 1.00 e. The third-order valence-electron chi connectivity index (χ3n) is 7.04. The van der Waals surface area contributed by atoms with Crippen LogP contribution in [0.25, 0.3) is 27.3 Å². The first-order valence-electron chi connectivity index (χ1n) is 10.3. The molecule has 4 saturated carbocycles. The van der Waals surface area contributed by atoms with Crippen molar-refractivity contribution in [3.63, 3.8) is 0 Å². The molecule has 1 N–H and O–H groups in total. The van der Waals surface area contributed by atoms with Gasteiger partial charge in [0.05, 0.1) is 5.91 Å². The van der Waals surface area contributed by atoms with Gasteiger partial charge in [-0.1, -0.05) is 36.4 Å². The quantitative estimate of drug-likeness (QED) is 0.372. The molecule has 0 spiro atoms. The van der Waals surface area contributed by atoms with E-state index in [0.29, 0.717) is 0 Å². The minimum absolute atomic E-state index is 0. The molecule has 4 aliphatic rings. The summed E-state index contributed by atoms with van der Waals surface area (Å²) < 4.78 is 0. The van der Waals surface area contributed by atoms with Crippen LogP contribution < -0.4 is 24.8 Å². The van der Waals surface area contributed by atoms with Crippen LogP contribution in [0.4, 0.5) is 0 Å². The molecular weight excluding hydrogens is 449 g/mol. The van der Waals surface area contributed by atoms with Gasteiger partial charge in [-0.2, -0.15) is 0 Å². The summed E-state index contributed by atoms with van der Waals surface area (Å²) in [5, 5.41) is 5.39. The maximum absolute atomic E-state index is 11.4. The second-order valence-corrected chi connectivity index (χ2v) is 8.85. The van der Waals surface area contributed by atoms with Gasteiger partial charge in [0.25, 0.3) is 0 Å². The standard InChI is InChI=1S/C13H9.C11H17NO.CH2.2ClH.Ti/c1-3-7-12-10(5-1)9-11-6-2-4-8-13(11)12;12-10(13)11-4-7-1-8(5-11)3-9(2-7)6-11;;;;/h1-9H;7-9H,1-6H2,(H2,12,13);1H2;2*1H;/q-1;;;;;+2/p-3. The molecule has 0 atom stereocenters. The minimum Gasteiger partial charge on any atom is -1.00 e. The Labute approximate surface area is 203 Å². The summed E-state index contributed by atoms with van der Waals surface area (Å²) >= 11 is 1.75. The number of hydrogen-bond acceptors (Lipinski definition) is 1. The summed E-state index contributed by atoms with van der Waals surface area (Å²) in [7, 11) is 0. The minimum atomic E-state index is -0.258. The van der Waals surface area contributed by atoms with Crippen LogP contribution in [-0.2, 0) is 24.8 Å². The molecule has 2 nitrogen and oxygen atoms in total. The fourth-order valence-corrected chi connectivity index (χ4v) is 6.29. The molecule has 4 fully saturated rings. The molecule has 7 rings (SSSR count). The summed E-state index contributed by atoms with van der Waals surface area (Å²) in [4.78, 5) is 14.6. The molecule has 1 amide bonds. The normalized spacial score (nSPS) is 27.7. The summed E-state index contributed by atoms with van der Waals surface area (Å²) in [6.07, 6.45) is 7.19. The van der Waals surface area contributed by atoms with Crippen LogP contribution in [0.5, 0.6) is 0 Å². The number of hydrogen-bond donors (Lipinski definition) is 0. The maximum Gasteiger partial charge on any atom is 0.0550 e. The van der Waals surface area contributed by atoms with Crippen molar-refractivity contribution >= 4 is 32.3 Å². The van der Waals surface area contributed by atoms with Gasteiger partial charge in [0.2, 0.25) is 0 Å². The van der Waals surface area contributed by atoms with Gasteiger partial charge in [-0.05, 0) is 56.3 Å². The first kappa shape index (κ1) is 25.2. The second kappa shape index (κ2) is 10.5. The molecule has 3 aromatic rings. The predicted octanol–water partition coefficient (Wildman–Crippen LogP) is 0.467. The van der Waals surface area contributed by atoms with Crippen LogP contribution in [0.1, 0.15) is 38.5 Å². The van der Waals surface area contributed by atoms with E-state index in [2.05, 4.69) is 59.4 Å². The average molecular weight is 476 g/mol. The Bertz CT molecular complexity index is 913. The van der Waals surface area contributed by atoms with Crippen molar-refractivity contribution in [2.24, 2.45) is 23.2 Å². The SMILES string of the molecule is [CH2]=[Ti+2].[Cl-].[Cl-].[NH-]C(=O)C12CC3CC(CC(C3)C1)C2.c1ccc2c(c1)[cH-]c1ccccc12. The van der Waals surface area contributed by atoms with Crippen molar-refractivity contribution in [2.45, 2.75) is 38.5 Å². The fourth-order valence-electron chi connectivity index (χ4n) is 6.29. The van der Waals surface area contributed by atoms with E-state index in [4.69, 9.17) is 5.73 Å². The van der Waals surface area contributed by atoms with Gasteiger partial charge in [0, 0.05) is 5.41 Å². The van der Waals surface area contributed by atoms with E-state index in [1.54, 1.807) is 20.0 Å². The number of carbonyl (C=O) groups is 1. The van der Waals surface area contributed by atoms with Crippen LogP contribution in [0.2, 0.25) is 0 Å². The Morgan fingerprint density at radius 2 is 1.20 bits per heavy atom. The van der Waals surface area contributed by atoms with Gasteiger partial charge < -0.3 is 35.3 Å². The van der Waals surface area contributed by atoms with Gasteiger partial charge in [0.1, 0.15) is 0 Å². The smallest absolute Gasteiger partial charge is 0.0550 e. The van der Waals surface area contributed by atoms with Gasteiger partial charge in [0.15, 0.2) is 0 Å². The topological polar surface area (TPSA) is 40.9 Å². The molecule has 0 heterocycles. The van der Waals surface area contributed by atoms with Crippen LogP contribution in [0, 0.1) is 23.2 Å². The zero-order valence-corrected chi connectivity index (χ0v) is 20.1. The van der Waals surface area contributed by atoms with Crippen molar-refractivity contribution in [2.75, 3.05) is 0 Å². The van der Waals surface area contributed by atoms with E-state index in [0.717, 1.165) is 37.0 Å². The number of halogens is 2.